The predicted octanol–water partition coefficient (Wildman–Crippen LogP) is 0.697. The van der Waals surface area contributed by atoms with Crippen LogP contribution in [0.5, 0.6) is 11.5 Å². The van der Waals surface area contributed by atoms with Crippen LogP contribution in [0.2, 0.25) is 0 Å². The highest BCUT2D eigenvalue weighted by Crippen LogP contribution is 2.31. The summed E-state index contributed by atoms with van der Waals surface area (Å²) in [5, 5.41) is 0. The molecule has 1 aliphatic heterocycles. The first-order chi connectivity index (χ1) is 10.6. The van der Waals surface area contributed by atoms with E-state index in [4.69, 9.17) is 15.2 Å². The van der Waals surface area contributed by atoms with Crippen LogP contribution in [-0.2, 0) is 11.3 Å². The van der Waals surface area contributed by atoms with Crippen molar-refractivity contribution in [2.75, 3.05) is 46.9 Å². The van der Waals surface area contributed by atoms with Gasteiger partial charge in [0.25, 0.3) is 0 Å². The zero-order valence-corrected chi connectivity index (χ0v) is 13.4. The molecule has 2 N–H and O–H groups in total. The molecule has 6 nitrogen and oxygen atoms in total. The predicted molar refractivity (Wildman–Crippen MR) is 85.1 cm³/mol. The number of piperazine rings is 1. The van der Waals surface area contributed by atoms with Crippen molar-refractivity contribution in [1.29, 1.82) is 0 Å². The van der Waals surface area contributed by atoms with Crippen molar-refractivity contribution >= 4 is 5.91 Å². The normalized spacial score (nSPS) is 16.5. The number of amides is 1. The van der Waals surface area contributed by atoms with Gasteiger partial charge in [-0.1, -0.05) is 12.1 Å². The Morgan fingerprint density at radius 1 is 1.14 bits per heavy atom. The van der Waals surface area contributed by atoms with E-state index in [-0.39, 0.29) is 5.91 Å². The molecule has 0 atom stereocenters. The van der Waals surface area contributed by atoms with Crippen LogP contribution in [0, 0.1) is 0 Å². The Balaban J connectivity index is 1.89. The van der Waals surface area contributed by atoms with Crippen LogP contribution in [0.1, 0.15) is 12.0 Å². The molecule has 6 heteroatoms. The van der Waals surface area contributed by atoms with Crippen molar-refractivity contribution in [2.24, 2.45) is 5.73 Å². The van der Waals surface area contributed by atoms with Gasteiger partial charge in [0.2, 0.25) is 5.91 Å². The van der Waals surface area contributed by atoms with Crippen molar-refractivity contribution in [2.45, 2.75) is 13.0 Å². The van der Waals surface area contributed by atoms with E-state index in [1.165, 1.54) is 0 Å². The summed E-state index contributed by atoms with van der Waals surface area (Å²) < 4.78 is 10.8. The SMILES string of the molecule is COc1cccc(CN2CCN(CCC(N)=O)CC2)c1OC. The summed E-state index contributed by atoms with van der Waals surface area (Å²) in [6.45, 7) is 5.45. The zero-order valence-electron chi connectivity index (χ0n) is 13.4. The molecule has 122 valence electrons. The molecule has 1 aromatic rings. The first-order valence-corrected chi connectivity index (χ1v) is 7.57. The van der Waals surface area contributed by atoms with Crippen LogP contribution in [0.15, 0.2) is 18.2 Å². The monoisotopic (exact) mass is 307 g/mol. The third-order valence-corrected chi connectivity index (χ3v) is 4.02. The van der Waals surface area contributed by atoms with Gasteiger partial charge in [-0.2, -0.15) is 0 Å². The lowest BCUT2D eigenvalue weighted by Crippen LogP contribution is -2.46. The molecule has 0 aromatic heterocycles. The first-order valence-electron chi connectivity index (χ1n) is 7.57. The lowest BCUT2D eigenvalue weighted by atomic mass is 10.1. The van der Waals surface area contributed by atoms with Crippen molar-refractivity contribution in [1.82, 2.24) is 9.80 Å². The van der Waals surface area contributed by atoms with Crippen LogP contribution in [0.25, 0.3) is 0 Å². The molecule has 0 spiro atoms. The van der Waals surface area contributed by atoms with E-state index in [0.717, 1.165) is 56.3 Å². The Hall–Kier alpha value is -1.79. The maximum atomic E-state index is 10.8. The average Bonchev–Trinajstić information content (AvgIpc) is 2.53. The Morgan fingerprint density at radius 2 is 1.82 bits per heavy atom. The number of carbonyl (C=O) groups excluding carboxylic acids is 1. The van der Waals surface area contributed by atoms with Gasteiger partial charge in [-0.15, -0.1) is 0 Å². The number of ether oxygens (including phenoxy) is 2. The standard InChI is InChI=1S/C16H25N3O3/c1-21-14-5-3-4-13(16(14)22-2)12-19-10-8-18(9-11-19)7-6-15(17)20/h3-5H,6-12H2,1-2H3,(H2,17,20). The molecule has 0 radical (unpaired) electrons. The number of rotatable bonds is 7. The third-order valence-electron chi connectivity index (χ3n) is 4.02. The Morgan fingerprint density at radius 3 is 2.41 bits per heavy atom. The number of nitrogens with zero attached hydrogens (tertiary/aromatic N) is 2. The Kier molecular flexibility index (Phi) is 6.03. The van der Waals surface area contributed by atoms with Gasteiger partial charge in [0.05, 0.1) is 14.2 Å². The maximum Gasteiger partial charge on any atom is 0.218 e. The minimum Gasteiger partial charge on any atom is -0.493 e. The second-order valence-electron chi connectivity index (χ2n) is 5.49. The largest absolute Gasteiger partial charge is 0.493 e. The van der Waals surface area contributed by atoms with Gasteiger partial charge >= 0.3 is 0 Å². The number of hydrogen-bond donors (Lipinski definition) is 1. The summed E-state index contributed by atoms with van der Waals surface area (Å²) in [7, 11) is 3.32. The van der Waals surface area contributed by atoms with E-state index in [1.54, 1.807) is 14.2 Å². The lowest BCUT2D eigenvalue weighted by molar-refractivity contribution is -0.118. The molecule has 22 heavy (non-hydrogen) atoms. The van der Waals surface area contributed by atoms with E-state index < -0.39 is 0 Å². The molecule has 1 saturated heterocycles. The number of nitrogens with two attached hydrogens (primary N) is 1. The number of methoxy groups -OCH3 is 2. The van der Waals surface area contributed by atoms with Gasteiger partial charge in [-0.3, -0.25) is 9.69 Å². The summed E-state index contributed by atoms with van der Waals surface area (Å²) in [5.74, 6) is 1.34. The molecular formula is C16H25N3O3. The van der Waals surface area contributed by atoms with Crippen molar-refractivity contribution in [3.8, 4) is 11.5 Å². The fourth-order valence-corrected chi connectivity index (χ4v) is 2.76. The molecule has 2 rings (SSSR count). The lowest BCUT2D eigenvalue weighted by Gasteiger charge is -2.34. The minimum absolute atomic E-state index is 0.233. The van der Waals surface area contributed by atoms with Gasteiger partial charge in [0.15, 0.2) is 11.5 Å². The van der Waals surface area contributed by atoms with E-state index in [9.17, 15) is 4.79 Å². The zero-order chi connectivity index (χ0) is 15.9. The molecule has 0 unspecified atom stereocenters. The van der Waals surface area contributed by atoms with Crippen molar-refractivity contribution < 1.29 is 14.3 Å². The summed E-state index contributed by atoms with van der Waals surface area (Å²) in [6.07, 6.45) is 0.434. The van der Waals surface area contributed by atoms with Gasteiger partial charge in [0, 0.05) is 51.3 Å². The highest BCUT2D eigenvalue weighted by atomic mass is 16.5. The summed E-state index contributed by atoms with van der Waals surface area (Å²) in [4.78, 5) is 15.5. The molecule has 0 bridgehead atoms. The maximum absolute atomic E-state index is 10.8. The molecule has 0 saturated carbocycles. The summed E-state index contributed by atoms with van der Waals surface area (Å²) >= 11 is 0. The van der Waals surface area contributed by atoms with Gasteiger partial charge in [-0.05, 0) is 6.07 Å². The topological polar surface area (TPSA) is 68.0 Å². The number of carbonyl (C=O) groups is 1. The average molecular weight is 307 g/mol. The summed E-state index contributed by atoms with van der Waals surface area (Å²) in [5.41, 5.74) is 6.33. The van der Waals surface area contributed by atoms with Crippen molar-refractivity contribution in [3.05, 3.63) is 23.8 Å². The second-order valence-corrected chi connectivity index (χ2v) is 5.49. The van der Waals surface area contributed by atoms with Crippen LogP contribution in [0.4, 0.5) is 0 Å². The molecule has 1 heterocycles. The second kappa shape index (κ2) is 8.00. The fourth-order valence-electron chi connectivity index (χ4n) is 2.76. The number of para-hydroxylation sites is 1. The molecular weight excluding hydrogens is 282 g/mol. The quantitative estimate of drug-likeness (QED) is 0.803. The van der Waals surface area contributed by atoms with Crippen LogP contribution in [0.3, 0.4) is 0 Å². The van der Waals surface area contributed by atoms with E-state index in [2.05, 4.69) is 15.9 Å². The molecule has 1 aliphatic rings. The van der Waals surface area contributed by atoms with E-state index >= 15 is 0 Å². The van der Waals surface area contributed by atoms with Crippen LogP contribution >= 0.6 is 0 Å². The van der Waals surface area contributed by atoms with Crippen LogP contribution < -0.4 is 15.2 Å². The Bertz CT molecular complexity index is 499. The minimum atomic E-state index is -0.233. The van der Waals surface area contributed by atoms with Crippen molar-refractivity contribution in [3.63, 3.8) is 0 Å². The highest BCUT2D eigenvalue weighted by Gasteiger charge is 2.19. The number of benzene rings is 1. The number of hydrogen-bond acceptors (Lipinski definition) is 5. The number of primary amides is 1. The molecule has 1 amide bonds. The smallest absolute Gasteiger partial charge is 0.218 e. The third kappa shape index (κ3) is 4.35. The van der Waals surface area contributed by atoms with E-state index in [1.807, 2.05) is 12.1 Å². The molecule has 1 fully saturated rings. The fraction of sp³-hybridized carbons (Fsp3) is 0.562. The van der Waals surface area contributed by atoms with Gasteiger partial charge in [0.1, 0.15) is 0 Å². The highest BCUT2D eigenvalue weighted by molar-refractivity contribution is 5.73. The summed E-state index contributed by atoms with van der Waals surface area (Å²) in [6, 6.07) is 5.96. The van der Waals surface area contributed by atoms with Crippen LogP contribution in [-0.4, -0.2) is 62.7 Å². The van der Waals surface area contributed by atoms with Gasteiger partial charge < -0.3 is 20.1 Å². The molecule has 1 aromatic carbocycles. The first kappa shape index (κ1) is 16.6. The Labute approximate surface area is 131 Å². The van der Waals surface area contributed by atoms with Gasteiger partial charge in [-0.25, -0.2) is 0 Å². The van der Waals surface area contributed by atoms with E-state index in [0.29, 0.717) is 6.42 Å². The molecule has 0 aliphatic carbocycles.